The van der Waals surface area contributed by atoms with Crippen LogP contribution in [0.1, 0.15) is 39.2 Å². The second-order valence-corrected chi connectivity index (χ2v) is 6.44. The van der Waals surface area contributed by atoms with Crippen molar-refractivity contribution in [2.24, 2.45) is 0 Å². The molecule has 2 heteroatoms. The molecule has 2 rings (SSSR count). The number of nitrogens with zero attached hydrogens (tertiary/aromatic N) is 1. The Labute approximate surface area is 122 Å². The summed E-state index contributed by atoms with van der Waals surface area (Å²) in [4.78, 5) is 0. The molecule has 0 unspecified atom stereocenters. The molecule has 1 aromatic heterocycles. The van der Waals surface area contributed by atoms with Crippen LogP contribution in [0.5, 0.6) is 0 Å². The standard InChI is InChI=1S/C18H26N2/c1-5-6-7-11-20-12-10-16-9-8-15(13-17(16)20)14-19-18(2,3)4/h5,8-10,12-13,19H,1,6-7,11,14H2,2-4H3. The van der Waals surface area contributed by atoms with Gasteiger partial charge in [-0.1, -0.05) is 18.2 Å². The molecule has 0 radical (unpaired) electrons. The number of rotatable bonds is 6. The summed E-state index contributed by atoms with van der Waals surface area (Å²) in [5, 5.41) is 4.87. The maximum absolute atomic E-state index is 3.79. The van der Waals surface area contributed by atoms with Gasteiger partial charge in [-0.05, 0) is 56.7 Å². The van der Waals surface area contributed by atoms with Crippen molar-refractivity contribution < 1.29 is 0 Å². The highest BCUT2D eigenvalue weighted by Crippen LogP contribution is 2.19. The van der Waals surface area contributed by atoms with Crippen LogP contribution < -0.4 is 5.32 Å². The van der Waals surface area contributed by atoms with E-state index in [1.54, 1.807) is 0 Å². The topological polar surface area (TPSA) is 17.0 Å². The molecule has 108 valence electrons. The number of benzene rings is 1. The van der Waals surface area contributed by atoms with Gasteiger partial charge >= 0.3 is 0 Å². The molecular weight excluding hydrogens is 244 g/mol. The Kier molecular flexibility index (Phi) is 4.66. The molecule has 0 amide bonds. The molecule has 20 heavy (non-hydrogen) atoms. The van der Waals surface area contributed by atoms with E-state index in [2.05, 4.69) is 67.7 Å². The Morgan fingerprint density at radius 1 is 1.25 bits per heavy atom. The fraction of sp³-hybridized carbons (Fsp3) is 0.444. The molecule has 1 aromatic carbocycles. The summed E-state index contributed by atoms with van der Waals surface area (Å²) in [5.74, 6) is 0. The first-order chi connectivity index (χ1) is 9.49. The third kappa shape index (κ3) is 3.97. The predicted octanol–water partition coefficient (Wildman–Crippen LogP) is 4.50. The van der Waals surface area contributed by atoms with Crippen molar-refractivity contribution in [2.45, 2.75) is 52.2 Å². The van der Waals surface area contributed by atoms with E-state index in [4.69, 9.17) is 0 Å². The molecule has 0 atom stereocenters. The quantitative estimate of drug-likeness (QED) is 0.604. The number of allylic oxidation sites excluding steroid dienone is 1. The Morgan fingerprint density at radius 3 is 2.75 bits per heavy atom. The number of hydrogen-bond donors (Lipinski definition) is 1. The first kappa shape index (κ1) is 14.9. The number of aryl methyl sites for hydroxylation is 1. The van der Waals surface area contributed by atoms with Gasteiger partial charge in [0, 0.05) is 30.3 Å². The predicted molar refractivity (Wildman–Crippen MR) is 88.0 cm³/mol. The van der Waals surface area contributed by atoms with Gasteiger partial charge in [0.2, 0.25) is 0 Å². The normalized spacial score (nSPS) is 11.9. The summed E-state index contributed by atoms with van der Waals surface area (Å²) >= 11 is 0. The highest BCUT2D eigenvalue weighted by Gasteiger charge is 2.09. The SMILES string of the molecule is C=CCCCn1ccc2ccc(CNC(C)(C)C)cc21. The summed E-state index contributed by atoms with van der Waals surface area (Å²) < 4.78 is 2.35. The average Bonchev–Trinajstić information content (AvgIpc) is 2.79. The van der Waals surface area contributed by atoms with E-state index >= 15 is 0 Å². The lowest BCUT2D eigenvalue weighted by molar-refractivity contribution is 0.424. The second kappa shape index (κ2) is 6.27. The molecule has 0 saturated heterocycles. The monoisotopic (exact) mass is 270 g/mol. The number of fused-ring (bicyclic) bond motifs is 1. The van der Waals surface area contributed by atoms with Crippen LogP contribution in [0.2, 0.25) is 0 Å². The highest BCUT2D eigenvalue weighted by atomic mass is 15.0. The molecule has 0 fully saturated rings. The fourth-order valence-corrected chi connectivity index (χ4v) is 2.31. The summed E-state index contributed by atoms with van der Waals surface area (Å²) in [6, 6.07) is 8.94. The van der Waals surface area contributed by atoms with E-state index in [-0.39, 0.29) is 5.54 Å². The molecule has 1 heterocycles. The largest absolute Gasteiger partial charge is 0.347 e. The average molecular weight is 270 g/mol. The van der Waals surface area contributed by atoms with Gasteiger partial charge in [0.15, 0.2) is 0 Å². The Balaban J connectivity index is 2.14. The van der Waals surface area contributed by atoms with E-state index in [1.165, 1.54) is 16.5 Å². The van der Waals surface area contributed by atoms with Crippen LogP contribution in [-0.4, -0.2) is 10.1 Å². The Bertz CT molecular complexity index is 573. The number of aromatic nitrogens is 1. The molecule has 1 N–H and O–H groups in total. The number of nitrogens with one attached hydrogen (secondary N) is 1. The summed E-state index contributed by atoms with van der Waals surface area (Å²) in [5.41, 5.74) is 2.83. The van der Waals surface area contributed by atoms with Gasteiger partial charge in [0.05, 0.1) is 0 Å². The van der Waals surface area contributed by atoms with Gasteiger partial charge < -0.3 is 9.88 Å². The maximum atomic E-state index is 3.79. The number of unbranched alkanes of at least 4 members (excludes halogenated alkanes) is 1. The van der Waals surface area contributed by atoms with Gasteiger partial charge in [-0.25, -0.2) is 0 Å². The van der Waals surface area contributed by atoms with Crippen molar-refractivity contribution in [2.75, 3.05) is 0 Å². The lowest BCUT2D eigenvalue weighted by Gasteiger charge is -2.20. The van der Waals surface area contributed by atoms with Gasteiger partial charge in [-0.3, -0.25) is 0 Å². The van der Waals surface area contributed by atoms with Crippen molar-refractivity contribution in [3.8, 4) is 0 Å². The minimum Gasteiger partial charge on any atom is -0.347 e. The molecule has 0 aliphatic rings. The van der Waals surface area contributed by atoms with Crippen LogP contribution in [0, 0.1) is 0 Å². The first-order valence-electron chi connectivity index (χ1n) is 7.43. The molecule has 2 aromatic rings. The summed E-state index contributed by atoms with van der Waals surface area (Å²) in [6.45, 7) is 12.4. The zero-order chi connectivity index (χ0) is 14.6. The lowest BCUT2D eigenvalue weighted by Crippen LogP contribution is -2.35. The van der Waals surface area contributed by atoms with Crippen molar-refractivity contribution >= 4 is 10.9 Å². The van der Waals surface area contributed by atoms with Crippen molar-refractivity contribution in [1.29, 1.82) is 0 Å². The van der Waals surface area contributed by atoms with Crippen LogP contribution in [0.15, 0.2) is 43.1 Å². The smallest absolute Gasteiger partial charge is 0.0483 e. The minimum absolute atomic E-state index is 0.154. The molecule has 0 saturated carbocycles. The van der Waals surface area contributed by atoms with E-state index in [1.807, 2.05) is 6.08 Å². The van der Waals surface area contributed by atoms with E-state index in [0.29, 0.717) is 0 Å². The van der Waals surface area contributed by atoms with E-state index in [0.717, 1.165) is 25.9 Å². The molecule has 0 bridgehead atoms. The molecule has 0 aliphatic heterocycles. The van der Waals surface area contributed by atoms with Crippen LogP contribution in [0.25, 0.3) is 10.9 Å². The third-order valence-electron chi connectivity index (χ3n) is 3.47. The first-order valence-corrected chi connectivity index (χ1v) is 7.43. The van der Waals surface area contributed by atoms with Gasteiger partial charge in [-0.15, -0.1) is 6.58 Å². The third-order valence-corrected chi connectivity index (χ3v) is 3.47. The van der Waals surface area contributed by atoms with Gasteiger partial charge in [0.1, 0.15) is 0 Å². The Morgan fingerprint density at radius 2 is 2.05 bits per heavy atom. The van der Waals surface area contributed by atoms with Crippen LogP contribution in [-0.2, 0) is 13.1 Å². The lowest BCUT2D eigenvalue weighted by atomic mass is 10.1. The summed E-state index contributed by atoms with van der Waals surface area (Å²) in [6.07, 6.45) is 6.40. The zero-order valence-electron chi connectivity index (χ0n) is 12.9. The van der Waals surface area contributed by atoms with E-state index in [9.17, 15) is 0 Å². The van der Waals surface area contributed by atoms with Gasteiger partial charge in [-0.2, -0.15) is 0 Å². The number of hydrogen-bond acceptors (Lipinski definition) is 1. The fourth-order valence-electron chi connectivity index (χ4n) is 2.31. The van der Waals surface area contributed by atoms with Gasteiger partial charge in [0.25, 0.3) is 0 Å². The van der Waals surface area contributed by atoms with Crippen molar-refractivity contribution in [1.82, 2.24) is 9.88 Å². The van der Waals surface area contributed by atoms with Crippen LogP contribution in [0.4, 0.5) is 0 Å². The van der Waals surface area contributed by atoms with Crippen LogP contribution in [0.3, 0.4) is 0 Å². The highest BCUT2D eigenvalue weighted by molar-refractivity contribution is 5.80. The molecule has 0 spiro atoms. The minimum atomic E-state index is 0.154. The Hall–Kier alpha value is -1.54. The molecule has 2 nitrogen and oxygen atoms in total. The molecular formula is C18H26N2. The van der Waals surface area contributed by atoms with E-state index < -0.39 is 0 Å². The van der Waals surface area contributed by atoms with Crippen molar-refractivity contribution in [3.05, 3.63) is 48.7 Å². The van der Waals surface area contributed by atoms with Crippen LogP contribution >= 0.6 is 0 Å². The molecule has 0 aliphatic carbocycles. The summed E-state index contributed by atoms with van der Waals surface area (Å²) in [7, 11) is 0. The zero-order valence-corrected chi connectivity index (χ0v) is 12.9. The maximum Gasteiger partial charge on any atom is 0.0483 e. The van der Waals surface area contributed by atoms with Crippen molar-refractivity contribution in [3.63, 3.8) is 0 Å². The second-order valence-electron chi connectivity index (χ2n) is 6.44.